The molecule has 0 radical (unpaired) electrons. The molecule has 1 saturated heterocycles. The van der Waals surface area contributed by atoms with Gasteiger partial charge in [-0.1, -0.05) is 18.2 Å². The Morgan fingerprint density at radius 1 is 1.35 bits per heavy atom. The van der Waals surface area contributed by atoms with Crippen molar-refractivity contribution in [3.8, 4) is 5.75 Å². The maximum atomic E-state index is 12.6. The number of methoxy groups -OCH3 is 1. The van der Waals surface area contributed by atoms with E-state index in [0.29, 0.717) is 0 Å². The number of hydrogen-bond acceptors (Lipinski definition) is 4. The zero-order chi connectivity index (χ0) is 16.1. The Morgan fingerprint density at radius 2 is 2.22 bits per heavy atom. The summed E-state index contributed by atoms with van der Waals surface area (Å²) in [5.41, 5.74) is 1.96. The summed E-state index contributed by atoms with van der Waals surface area (Å²) >= 11 is 1.74. The molecule has 23 heavy (non-hydrogen) atoms. The number of carbonyl (C=O) groups excluding carboxylic acids is 1. The molecule has 1 aliphatic heterocycles. The predicted octanol–water partition coefficient (Wildman–Crippen LogP) is 3.19. The van der Waals surface area contributed by atoms with Crippen LogP contribution >= 0.6 is 11.8 Å². The van der Waals surface area contributed by atoms with Crippen LogP contribution in [0.3, 0.4) is 0 Å². The van der Waals surface area contributed by atoms with Crippen molar-refractivity contribution < 1.29 is 9.53 Å². The molecule has 120 valence electrons. The van der Waals surface area contributed by atoms with Gasteiger partial charge in [-0.2, -0.15) is 0 Å². The molecule has 0 aliphatic carbocycles. The van der Waals surface area contributed by atoms with Crippen LogP contribution in [0.25, 0.3) is 0 Å². The second-order valence-electron chi connectivity index (χ2n) is 5.51. The number of rotatable bonds is 5. The lowest BCUT2D eigenvalue weighted by Gasteiger charge is -2.21. The number of amides is 1. The maximum Gasteiger partial charge on any atom is 0.233 e. The highest BCUT2D eigenvalue weighted by Crippen LogP contribution is 2.29. The summed E-state index contributed by atoms with van der Waals surface area (Å²) in [5.74, 6) is 1.94. The fourth-order valence-corrected chi connectivity index (χ4v) is 3.92. The summed E-state index contributed by atoms with van der Waals surface area (Å²) in [4.78, 5) is 16.8. The Hall–Kier alpha value is -2.01. The van der Waals surface area contributed by atoms with Crippen molar-refractivity contribution >= 4 is 17.7 Å². The van der Waals surface area contributed by atoms with E-state index < -0.39 is 0 Å². The van der Waals surface area contributed by atoms with Crippen molar-refractivity contribution in [2.45, 2.75) is 24.1 Å². The number of nitrogens with zero attached hydrogens (tertiary/aromatic N) is 1. The van der Waals surface area contributed by atoms with Crippen LogP contribution in [0.4, 0.5) is 0 Å². The van der Waals surface area contributed by atoms with E-state index in [1.807, 2.05) is 36.4 Å². The highest BCUT2D eigenvalue weighted by Gasteiger charge is 2.26. The Balaban J connectivity index is 1.88. The third-order valence-electron chi connectivity index (χ3n) is 3.95. The zero-order valence-electron chi connectivity index (χ0n) is 13.1. The average molecular weight is 328 g/mol. The van der Waals surface area contributed by atoms with Crippen molar-refractivity contribution in [1.29, 1.82) is 0 Å². The maximum absolute atomic E-state index is 12.6. The number of ether oxygens (including phenoxy) is 1. The number of carbonyl (C=O) groups is 1. The zero-order valence-corrected chi connectivity index (χ0v) is 13.9. The first-order valence-electron chi connectivity index (χ1n) is 7.74. The standard InChI is InChI=1S/C18H20N2O2S/c1-22-15-7-2-5-13(11-15)17(14-6-3-9-19-12-14)20-18(21)16-8-4-10-23-16/h2-3,5-7,9,11-12,16-17H,4,8,10H2,1H3,(H,20,21)/t16-,17-/m1/s1. The normalized spacial score (nSPS) is 18.4. The first-order valence-corrected chi connectivity index (χ1v) is 8.78. The van der Waals surface area contributed by atoms with E-state index in [2.05, 4.69) is 10.3 Å². The number of thioether (sulfide) groups is 1. The quantitative estimate of drug-likeness (QED) is 0.916. The highest BCUT2D eigenvalue weighted by molar-refractivity contribution is 8.00. The van der Waals surface area contributed by atoms with Gasteiger partial charge in [-0.15, -0.1) is 11.8 Å². The molecule has 1 N–H and O–H groups in total. The number of aromatic nitrogens is 1. The number of hydrogen-bond donors (Lipinski definition) is 1. The van der Waals surface area contributed by atoms with Gasteiger partial charge in [0.25, 0.3) is 0 Å². The van der Waals surface area contributed by atoms with Crippen LogP contribution in [-0.4, -0.2) is 29.0 Å². The summed E-state index contributed by atoms with van der Waals surface area (Å²) in [6.45, 7) is 0. The Bertz CT molecular complexity index is 657. The fraction of sp³-hybridized carbons (Fsp3) is 0.333. The van der Waals surface area contributed by atoms with Crippen LogP contribution in [-0.2, 0) is 4.79 Å². The van der Waals surface area contributed by atoms with E-state index in [1.165, 1.54) is 0 Å². The van der Waals surface area contributed by atoms with Gasteiger partial charge in [0.1, 0.15) is 5.75 Å². The molecule has 0 saturated carbocycles. The summed E-state index contributed by atoms with van der Waals surface area (Å²) < 4.78 is 5.31. The molecule has 1 aromatic carbocycles. The predicted molar refractivity (Wildman–Crippen MR) is 92.7 cm³/mol. The molecule has 2 heterocycles. The van der Waals surface area contributed by atoms with Gasteiger partial charge in [0.05, 0.1) is 18.4 Å². The van der Waals surface area contributed by atoms with Gasteiger partial charge in [-0.25, -0.2) is 0 Å². The van der Waals surface area contributed by atoms with E-state index in [4.69, 9.17) is 4.74 Å². The van der Waals surface area contributed by atoms with Crippen LogP contribution in [0.15, 0.2) is 48.8 Å². The Labute approximate surface area is 140 Å². The second kappa shape index (κ2) is 7.51. The molecule has 0 spiro atoms. The van der Waals surface area contributed by atoms with Crippen LogP contribution < -0.4 is 10.1 Å². The molecule has 0 unspecified atom stereocenters. The molecule has 1 fully saturated rings. The summed E-state index contributed by atoms with van der Waals surface area (Å²) in [5, 5.41) is 3.24. The lowest BCUT2D eigenvalue weighted by Crippen LogP contribution is -2.35. The van der Waals surface area contributed by atoms with Crippen molar-refractivity contribution in [3.05, 3.63) is 59.9 Å². The van der Waals surface area contributed by atoms with Gasteiger partial charge in [-0.3, -0.25) is 9.78 Å². The molecule has 1 aliphatic rings. The Morgan fingerprint density at radius 3 is 2.91 bits per heavy atom. The van der Waals surface area contributed by atoms with Crippen LogP contribution in [0.1, 0.15) is 30.0 Å². The minimum atomic E-state index is -0.215. The van der Waals surface area contributed by atoms with Crippen molar-refractivity contribution in [3.63, 3.8) is 0 Å². The first-order chi connectivity index (χ1) is 11.3. The molecule has 4 nitrogen and oxygen atoms in total. The van der Waals surface area contributed by atoms with Crippen molar-refractivity contribution in [2.75, 3.05) is 12.9 Å². The molecular weight excluding hydrogens is 308 g/mol. The van der Waals surface area contributed by atoms with Gasteiger partial charge >= 0.3 is 0 Å². The first kappa shape index (κ1) is 15.9. The summed E-state index contributed by atoms with van der Waals surface area (Å²) in [6, 6.07) is 11.5. The van der Waals surface area contributed by atoms with E-state index in [0.717, 1.165) is 35.5 Å². The molecule has 5 heteroatoms. The smallest absolute Gasteiger partial charge is 0.233 e. The third kappa shape index (κ3) is 3.85. The third-order valence-corrected chi connectivity index (χ3v) is 5.33. The molecule has 2 atom stereocenters. The van der Waals surface area contributed by atoms with Gasteiger partial charge in [0.15, 0.2) is 0 Å². The van der Waals surface area contributed by atoms with Gasteiger partial charge in [-0.05, 0) is 47.9 Å². The van der Waals surface area contributed by atoms with Crippen molar-refractivity contribution in [1.82, 2.24) is 10.3 Å². The summed E-state index contributed by atoms with van der Waals surface area (Å²) in [6.07, 6.45) is 5.60. The topological polar surface area (TPSA) is 51.2 Å². The highest BCUT2D eigenvalue weighted by atomic mass is 32.2. The van der Waals surface area contributed by atoms with E-state index in [-0.39, 0.29) is 17.2 Å². The van der Waals surface area contributed by atoms with E-state index in [1.54, 1.807) is 31.3 Å². The lowest BCUT2D eigenvalue weighted by molar-refractivity contribution is -0.121. The molecule has 0 bridgehead atoms. The van der Waals surface area contributed by atoms with Crippen molar-refractivity contribution in [2.24, 2.45) is 0 Å². The Kier molecular flexibility index (Phi) is 5.18. The summed E-state index contributed by atoms with van der Waals surface area (Å²) in [7, 11) is 1.64. The van der Waals surface area contributed by atoms with Gasteiger partial charge < -0.3 is 10.1 Å². The van der Waals surface area contributed by atoms with Crippen LogP contribution in [0.5, 0.6) is 5.75 Å². The van der Waals surface area contributed by atoms with Gasteiger partial charge in [0, 0.05) is 12.4 Å². The largest absolute Gasteiger partial charge is 0.497 e. The second-order valence-corrected chi connectivity index (χ2v) is 6.82. The molecule has 1 aromatic heterocycles. The van der Waals surface area contributed by atoms with Crippen LogP contribution in [0.2, 0.25) is 0 Å². The average Bonchev–Trinajstić information content (AvgIpc) is 3.15. The molecule has 3 rings (SSSR count). The van der Waals surface area contributed by atoms with E-state index >= 15 is 0 Å². The number of pyridine rings is 1. The number of nitrogens with one attached hydrogen (secondary N) is 1. The SMILES string of the molecule is COc1cccc([C@@H](NC(=O)[C@H]2CCCS2)c2cccnc2)c1. The minimum absolute atomic E-state index is 0.0554. The van der Waals surface area contributed by atoms with Gasteiger partial charge in [0.2, 0.25) is 5.91 Å². The molecular formula is C18H20N2O2S. The van der Waals surface area contributed by atoms with E-state index in [9.17, 15) is 4.79 Å². The number of benzene rings is 1. The monoisotopic (exact) mass is 328 g/mol. The lowest BCUT2D eigenvalue weighted by atomic mass is 9.99. The molecule has 1 amide bonds. The fourth-order valence-electron chi connectivity index (χ4n) is 2.75. The van der Waals surface area contributed by atoms with Crippen LogP contribution in [0, 0.1) is 0 Å². The minimum Gasteiger partial charge on any atom is -0.497 e. The molecule has 2 aromatic rings.